The van der Waals surface area contributed by atoms with Crippen LogP contribution in [0.1, 0.15) is 16.8 Å². The van der Waals surface area contributed by atoms with Crippen LogP contribution in [-0.4, -0.2) is 34.9 Å². The molecule has 1 amide bonds. The normalized spacial score (nSPS) is 17.5. The molecule has 22 heavy (non-hydrogen) atoms. The Hall–Kier alpha value is -2.50. The minimum atomic E-state index is -0.825. The summed E-state index contributed by atoms with van der Waals surface area (Å²) in [6, 6.07) is 6.84. The molecule has 1 atom stereocenters. The summed E-state index contributed by atoms with van der Waals surface area (Å²) in [4.78, 5) is 17.9. The van der Waals surface area contributed by atoms with E-state index in [-0.39, 0.29) is 11.6 Å². The molecular weight excluding hydrogens is 288 g/mol. The van der Waals surface area contributed by atoms with Crippen LogP contribution in [0.5, 0.6) is 0 Å². The van der Waals surface area contributed by atoms with Crippen LogP contribution in [0.3, 0.4) is 0 Å². The number of halogens is 2. The molecule has 1 aliphatic rings. The average Bonchev–Trinajstić information content (AvgIpc) is 2.96. The van der Waals surface area contributed by atoms with Crippen LogP contribution in [-0.2, 0) is 0 Å². The van der Waals surface area contributed by atoms with Gasteiger partial charge in [0.1, 0.15) is 11.6 Å². The molecule has 1 aromatic heterocycles. The van der Waals surface area contributed by atoms with Crippen molar-refractivity contribution in [2.45, 2.75) is 12.5 Å². The van der Waals surface area contributed by atoms with E-state index in [4.69, 9.17) is 0 Å². The predicted molar refractivity (Wildman–Crippen MR) is 78.5 cm³/mol. The fraction of sp³-hybridized carbons (Fsp3) is 0.250. The Kier molecular flexibility index (Phi) is 4.00. The largest absolute Gasteiger partial charge is 0.379 e. The van der Waals surface area contributed by atoms with E-state index >= 15 is 0 Å². The number of likely N-dealkylation sites (tertiary alicyclic amines) is 1. The van der Waals surface area contributed by atoms with E-state index in [2.05, 4.69) is 10.3 Å². The highest BCUT2D eigenvalue weighted by molar-refractivity contribution is 5.94. The lowest BCUT2D eigenvalue weighted by atomic mass is 10.2. The van der Waals surface area contributed by atoms with Gasteiger partial charge in [0.05, 0.1) is 11.3 Å². The average molecular weight is 303 g/mol. The number of anilines is 1. The van der Waals surface area contributed by atoms with Crippen molar-refractivity contribution in [1.82, 2.24) is 9.88 Å². The molecule has 0 bridgehead atoms. The zero-order valence-electron chi connectivity index (χ0n) is 11.8. The van der Waals surface area contributed by atoms with Crippen molar-refractivity contribution >= 4 is 11.6 Å². The molecule has 0 aliphatic carbocycles. The first-order valence-electron chi connectivity index (χ1n) is 7.04. The van der Waals surface area contributed by atoms with E-state index in [0.29, 0.717) is 13.1 Å². The van der Waals surface area contributed by atoms with Crippen molar-refractivity contribution < 1.29 is 13.6 Å². The first-order chi connectivity index (χ1) is 10.6. The molecule has 1 N–H and O–H groups in total. The number of hydrogen-bond donors (Lipinski definition) is 1. The van der Waals surface area contributed by atoms with Crippen molar-refractivity contribution in [3.8, 4) is 0 Å². The van der Waals surface area contributed by atoms with Gasteiger partial charge in [-0.05, 0) is 30.7 Å². The van der Waals surface area contributed by atoms with Crippen molar-refractivity contribution in [3.63, 3.8) is 0 Å². The third kappa shape index (κ3) is 3.05. The van der Waals surface area contributed by atoms with Crippen LogP contribution in [0, 0.1) is 11.6 Å². The number of aromatic nitrogens is 1. The fourth-order valence-corrected chi connectivity index (χ4v) is 2.58. The zero-order valence-corrected chi connectivity index (χ0v) is 11.8. The number of amides is 1. The summed E-state index contributed by atoms with van der Waals surface area (Å²) in [5, 5.41) is 3.29. The summed E-state index contributed by atoms with van der Waals surface area (Å²) in [5.41, 5.74) is 0.790. The maximum atomic E-state index is 13.7. The number of nitrogens with one attached hydrogen (secondary N) is 1. The molecule has 3 rings (SSSR count). The number of carbonyl (C=O) groups is 1. The van der Waals surface area contributed by atoms with Gasteiger partial charge in [0.25, 0.3) is 5.91 Å². The maximum absolute atomic E-state index is 13.7. The summed E-state index contributed by atoms with van der Waals surface area (Å²) < 4.78 is 26.6. The highest BCUT2D eigenvalue weighted by atomic mass is 19.1. The summed E-state index contributed by atoms with van der Waals surface area (Å²) in [7, 11) is 0. The van der Waals surface area contributed by atoms with E-state index < -0.39 is 17.5 Å². The Labute approximate surface area is 126 Å². The Morgan fingerprint density at radius 3 is 2.91 bits per heavy atom. The van der Waals surface area contributed by atoms with Crippen LogP contribution in [0.4, 0.5) is 14.5 Å². The number of benzene rings is 1. The summed E-state index contributed by atoms with van der Waals surface area (Å²) in [5.74, 6) is -1.92. The zero-order chi connectivity index (χ0) is 15.5. The molecule has 2 aromatic rings. The lowest BCUT2D eigenvalue weighted by Crippen LogP contribution is -2.32. The Morgan fingerprint density at radius 1 is 1.32 bits per heavy atom. The highest BCUT2D eigenvalue weighted by Crippen LogP contribution is 2.19. The molecule has 4 nitrogen and oxygen atoms in total. The number of hydrogen-bond acceptors (Lipinski definition) is 3. The smallest absolute Gasteiger partial charge is 0.256 e. The Morgan fingerprint density at radius 2 is 2.18 bits per heavy atom. The van der Waals surface area contributed by atoms with Gasteiger partial charge < -0.3 is 10.2 Å². The van der Waals surface area contributed by atoms with E-state index in [1.54, 1.807) is 17.3 Å². The van der Waals surface area contributed by atoms with Crippen molar-refractivity contribution in [2.75, 3.05) is 18.4 Å². The Bertz CT molecular complexity index is 678. The van der Waals surface area contributed by atoms with Crippen molar-refractivity contribution in [3.05, 3.63) is 59.9 Å². The van der Waals surface area contributed by atoms with Gasteiger partial charge in [-0.3, -0.25) is 9.78 Å². The second kappa shape index (κ2) is 6.09. The molecule has 1 aliphatic heterocycles. The molecule has 0 spiro atoms. The highest BCUT2D eigenvalue weighted by Gasteiger charge is 2.28. The van der Waals surface area contributed by atoms with Crippen LogP contribution < -0.4 is 5.32 Å². The summed E-state index contributed by atoms with van der Waals surface area (Å²) >= 11 is 0. The molecule has 1 aromatic carbocycles. The third-order valence-corrected chi connectivity index (χ3v) is 3.67. The molecule has 6 heteroatoms. The fourth-order valence-electron chi connectivity index (χ4n) is 2.58. The van der Waals surface area contributed by atoms with Gasteiger partial charge in [-0.2, -0.15) is 0 Å². The summed E-state index contributed by atoms with van der Waals surface area (Å²) in [6.07, 6.45) is 4.17. The number of carbonyl (C=O) groups excluding carboxylic acids is 1. The third-order valence-electron chi connectivity index (χ3n) is 3.67. The molecule has 1 saturated heterocycles. The summed E-state index contributed by atoms with van der Waals surface area (Å²) in [6.45, 7) is 1.01. The van der Waals surface area contributed by atoms with E-state index in [0.717, 1.165) is 24.2 Å². The minimum absolute atomic E-state index is 0.0940. The van der Waals surface area contributed by atoms with Crippen LogP contribution in [0.2, 0.25) is 0 Å². The lowest BCUT2D eigenvalue weighted by molar-refractivity contribution is 0.0787. The Balaban J connectivity index is 1.66. The maximum Gasteiger partial charge on any atom is 0.256 e. The monoisotopic (exact) mass is 303 g/mol. The molecule has 1 fully saturated rings. The number of nitrogens with zero attached hydrogens (tertiary/aromatic N) is 2. The quantitative estimate of drug-likeness (QED) is 0.948. The van der Waals surface area contributed by atoms with Gasteiger partial charge in [-0.15, -0.1) is 0 Å². The van der Waals surface area contributed by atoms with Gasteiger partial charge in [0.2, 0.25) is 0 Å². The van der Waals surface area contributed by atoms with Gasteiger partial charge in [0, 0.05) is 37.6 Å². The van der Waals surface area contributed by atoms with E-state index in [1.807, 2.05) is 12.1 Å². The standard InChI is InChI=1S/C16H15F2N3O/c17-11-3-4-14(15(18)8-11)16(22)21-7-5-13(10-21)20-12-2-1-6-19-9-12/h1-4,6,8-9,13,20H,5,7,10H2. The SMILES string of the molecule is O=C(c1ccc(F)cc1F)N1CCC(Nc2cccnc2)C1. The van der Waals surface area contributed by atoms with Gasteiger partial charge >= 0.3 is 0 Å². The van der Waals surface area contributed by atoms with Crippen molar-refractivity contribution in [1.29, 1.82) is 0 Å². The second-order valence-electron chi connectivity index (χ2n) is 5.25. The number of rotatable bonds is 3. The van der Waals surface area contributed by atoms with E-state index in [9.17, 15) is 13.6 Å². The topological polar surface area (TPSA) is 45.2 Å². The lowest BCUT2D eigenvalue weighted by Gasteiger charge is -2.18. The molecule has 114 valence electrons. The van der Waals surface area contributed by atoms with Gasteiger partial charge in [-0.25, -0.2) is 8.78 Å². The second-order valence-corrected chi connectivity index (χ2v) is 5.25. The van der Waals surface area contributed by atoms with Gasteiger partial charge in [0.15, 0.2) is 0 Å². The van der Waals surface area contributed by atoms with Crippen molar-refractivity contribution in [2.24, 2.45) is 0 Å². The molecular formula is C16H15F2N3O. The first kappa shape index (κ1) is 14.4. The van der Waals surface area contributed by atoms with Crippen LogP contribution in [0.25, 0.3) is 0 Å². The number of pyridine rings is 1. The minimum Gasteiger partial charge on any atom is -0.379 e. The van der Waals surface area contributed by atoms with E-state index in [1.165, 1.54) is 6.07 Å². The molecule has 0 saturated carbocycles. The predicted octanol–water partition coefficient (Wildman–Crippen LogP) is 2.69. The molecule has 2 heterocycles. The van der Waals surface area contributed by atoms with Gasteiger partial charge in [-0.1, -0.05) is 0 Å². The molecule has 0 radical (unpaired) electrons. The van der Waals surface area contributed by atoms with Crippen LogP contribution >= 0.6 is 0 Å². The molecule has 1 unspecified atom stereocenters. The van der Waals surface area contributed by atoms with Crippen LogP contribution in [0.15, 0.2) is 42.7 Å². The first-order valence-corrected chi connectivity index (χ1v) is 7.04.